The highest BCUT2D eigenvalue weighted by atomic mass is 28.4. The van der Waals surface area contributed by atoms with E-state index in [4.69, 9.17) is 23.4 Å². The van der Waals surface area contributed by atoms with Gasteiger partial charge in [-0.1, -0.05) is 101 Å². The van der Waals surface area contributed by atoms with Gasteiger partial charge in [-0.2, -0.15) is 0 Å². The number of hydrogen-bond acceptors (Lipinski definition) is 6. The number of rotatable bonds is 6. The van der Waals surface area contributed by atoms with E-state index in [1.165, 1.54) is 10.4 Å². The number of aliphatic hydroxyl groups excluding tert-OH is 1. The molecular formula is C33H44O6Si. The third-order valence-corrected chi connectivity index (χ3v) is 14.4. The molecule has 0 unspecified atom stereocenters. The minimum atomic E-state index is -2.64. The summed E-state index contributed by atoms with van der Waals surface area (Å²) in [7, 11) is -2.64. The number of fused-ring (bicyclic) bond motifs is 1. The molecule has 2 spiro atoms. The van der Waals surface area contributed by atoms with Crippen LogP contribution in [0, 0.1) is 5.92 Å². The molecule has 2 aromatic carbocycles. The van der Waals surface area contributed by atoms with E-state index in [1.54, 1.807) is 0 Å². The van der Waals surface area contributed by atoms with Crippen molar-refractivity contribution in [2.75, 3.05) is 13.2 Å². The van der Waals surface area contributed by atoms with Gasteiger partial charge in [-0.05, 0) is 21.8 Å². The van der Waals surface area contributed by atoms with Crippen LogP contribution in [-0.2, 0) is 23.4 Å². The highest BCUT2D eigenvalue weighted by molar-refractivity contribution is 6.99. The maximum absolute atomic E-state index is 9.66. The van der Waals surface area contributed by atoms with E-state index in [1.807, 2.05) is 6.08 Å². The van der Waals surface area contributed by atoms with Crippen molar-refractivity contribution in [2.45, 2.75) is 101 Å². The van der Waals surface area contributed by atoms with Crippen LogP contribution in [0.15, 0.2) is 72.8 Å². The van der Waals surface area contributed by atoms with E-state index in [9.17, 15) is 5.11 Å². The van der Waals surface area contributed by atoms with Crippen molar-refractivity contribution in [1.82, 2.24) is 0 Å². The fourth-order valence-corrected chi connectivity index (χ4v) is 12.0. The molecule has 0 aliphatic carbocycles. The summed E-state index contributed by atoms with van der Waals surface area (Å²) in [6, 6.07) is 21.5. The molecular weight excluding hydrogens is 520 g/mol. The first-order valence-electron chi connectivity index (χ1n) is 14.9. The summed E-state index contributed by atoms with van der Waals surface area (Å²) in [5, 5.41) is 12.1. The number of ether oxygens (including phenoxy) is 4. The molecule has 2 aromatic rings. The molecule has 4 heterocycles. The van der Waals surface area contributed by atoms with Crippen LogP contribution in [-0.4, -0.2) is 62.6 Å². The predicted molar refractivity (Wildman–Crippen MR) is 157 cm³/mol. The van der Waals surface area contributed by atoms with Gasteiger partial charge in [-0.3, -0.25) is 0 Å². The van der Waals surface area contributed by atoms with Crippen molar-refractivity contribution in [3.05, 3.63) is 72.8 Å². The summed E-state index contributed by atoms with van der Waals surface area (Å²) < 4.78 is 33.5. The van der Waals surface area contributed by atoms with Crippen molar-refractivity contribution < 1.29 is 28.5 Å². The van der Waals surface area contributed by atoms with Crippen LogP contribution < -0.4 is 10.4 Å². The highest BCUT2D eigenvalue weighted by Gasteiger charge is 2.60. The Morgan fingerprint density at radius 3 is 2.23 bits per heavy atom. The first kappa shape index (κ1) is 28.3. The lowest BCUT2D eigenvalue weighted by Crippen LogP contribution is -2.67. The Morgan fingerprint density at radius 2 is 1.60 bits per heavy atom. The SMILES string of the molecule is C[C@@H]1C[C@H]2O[C@H](CO[Si](c3ccccc3)(c3ccccc3)C(C)(C)C)C[C@H]2O[C@@]12CC[C@]1(CC=C[C@@H](CO)O1)O2. The Bertz CT molecular complexity index is 1140. The second-order valence-corrected chi connectivity index (χ2v) is 17.4. The van der Waals surface area contributed by atoms with Gasteiger partial charge in [0.2, 0.25) is 0 Å². The van der Waals surface area contributed by atoms with Gasteiger partial charge >= 0.3 is 0 Å². The van der Waals surface area contributed by atoms with Crippen LogP contribution in [0.25, 0.3) is 0 Å². The molecule has 6 rings (SSSR count). The van der Waals surface area contributed by atoms with Gasteiger partial charge in [0.15, 0.2) is 11.6 Å². The third-order valence-electron chi connectivity index (χ3n) is 9.41. The summed E-state index contributed by atoms with van der Waals surface area (Å²) in [6.45, 7) is 9.60. The summed E-state index contributed by atoms with van der Waals surface area (Å²) in [6.07, 6.45) is 7.51. The Labute approximate surface area is 239 Å². The first-order valence-corrected chi connectivity index (χ1v) is 16.8. The van der Waals surface area contributed by atoms with Gasteiger partial charge < -0.3 is 28.5 Å². The van der Waals surface area contributed by atoms with E-state index in [-0.39, 0.29) is 42.0 Å². The number of hydrogen-bond donors (Lipinski definition) is 1. The standard InChI is InChI=1S/C33H44O6Si/c1-24-20-29-30(38-33(24)19-18-32(39-33)17-11-12-25(22-34)37-32)21-26(36-29)23-35-40(31(2,3)4,27-13-7-5-8-14-27)28-15-9-6-10-16-28/h5-16,24-26,29-30,34H,17-23H2,1-4H3/t24-,25+,26+,29-,30-,32+,33-/m1/s1. The fraction of sp³-hybridized carbons (Fsp3) is 0.576. The molecule has 0 amide bonds. The van der Waals surface area contributed by atoms with Crippen LogP contribution in [0.2, 0.25) is 5.04 Å². The van der Waals surface area contributed by atoms with Gasteiger partial charge in [0.05, 0.1) is 31.5 Å². The number of aliphatic hydroxyl groups is 1. The molecule has 40 heavy (non-hydrogen) atoms. The van der Waals surface area contributed by atoms with Gasteiger partial charge in [0.25, 0.3) is 8.32 Å². The largest absolute Gasteiger partial charge is 0.405 e. The van der Waals surface area contributed by atoms with E-state index < -0.39 is 19.9 Å². The zero-order valence-electron chi connectivity index (χ0n) is 24.3. The molecule has 6 nitrogen and oxygen atoms in total. The van der Waals surface area contributed by atoms with E-state index in [0.717, 1.165) is 25.7 Å². The first-order chi connectivity index (χ1) is 19.2. The van der Waals surface area contributed by atoms with Gasteiger partial charge in [0, 0.05) is 31.6 Å². The molecule has 7 atom stereocenters. The zero-order valence-corrected chi connectivity index (χ0v) is 25.3. The minimum absolute atomic E-state index is 0.0332. The van der Waals surface area contributed by atoms with E-state index in [0.29, 0.717) is 13.0 Å². The molecule has 216 valence electrons. The Balaban J connectivity index is 1.19. The van der Waals surface area contributed by atoms with Crippen molar-refractivity contribution in [2.24, 2.45) is 5.92 Å². The zero-order chi connectivity index (χ0) is 28.0. The predicted octanol–water partition coefficient (Wildman–Crippen LogP) is 4.69. The van der Waals surface area contributed by atoms with Crippen LogP contribution in [0.5, 0.6) is 0 Å². The molecule has 0 saturated carbocycles. The molecule has 3 saturated heterocycles. The molecule has 4 aliphatic heterocycles. The molecule has 1 N–H and O–H groups in total. The summed E-state index contributed by atoms with van der Waals surface area (Å²) in [4.78, 5) is 0. The van der Waals surface area contributed by atoms with Crippen molar-refractivity contribution in [3.8, 4) is 0 Å². The molecule has 3 fully saturated rings. The van der Waals surface area contributed by atoms with Crippen LogP contribution in [0.4, 0.5) is 0 Å². The Hall–Kier alpha value is -1.84. The molecule has 4 aliphatic rings. The van der Waals surface area contributed by atoms with E-state index >= 15 is 0 Å². The molecule has 0 radical (unpaired) electrons. The van der Waals surface area contributed by atoms with Crippen molar-refractivity contribution in [1.29, 1.82) is 0 Å². The normalized spacial score (nSPS) is 35.9. The minimum Gasteiger partial charge on any atom is -0.405 e. The lowest BCUT2D eigenvalue weighted by molar-refractivity contribution is -0.368. The van der Waals surface area contributed by atoms with E-state index in [2.05, 4.69) is 94.4 Å². The quantitative estimate of drug-likeness (QED) is 0.406. The van der Waals surface area contributed by atoms with Crippen molar-refractivity contribution in [3.63, 3.8) is 0 Å². The Morgan fingerprint density at radius 1 is 0.925 bits per heavy atom. The van der Waals surface area contributed by atoms with Crippen LogP contribution >= 0.6 is 0 Å². The third kappa shape index (κ3) is 4.94. The number of benzene rings is 2. The summed E-state index contributed by atoms with van der Waals surface area (Å²) >= 11 is 0. The van der Waals surface area contributed by atoms with Gasteiger partial charge in [-0.15, -0.1) is 0 Å². The fourth-order valence-electron chi connectivity index (χ4n) is 7.42. The smallest absolute Gasteiger partial charge is 0.261 e. The Kier molecular flexibility index (Phi) is 7.62. The van der Waals surface area contributed by atoms with Crippen LogP contribution in [0.3, 0.4) is 0 Å². The average Bonchev–Trinajstić information content (AvgIpc) is 3.50. The summed E-state index contributed by atoms with van der Waals surface area (Å²) in [5.74, 6) is -1.22. The highest BCUT2D eigenvalue weighted by Crippen LogP contribution is 2.53. The molecule has 7 heteroatoms. The molecule has 0 aromatic heterocycles. The monoisotopic (exact) mass is 564 g/mol. The summed E-state index contributed by atoms with van der Waals surface area (Å²) in [5.41, 5.74) is 0. The average molecular weight is 565 g/mol. The topological polar surface area (TPSA) is 66.4 Å². The maximum atomic E-state index is 9.66. The lowest BCUT2D eigenvalue weighted by atomic mass is 9.86. The maximum Gasteiger partial charge on any atom is 0.261 e. The second-order valence-electron chi connectivity index (χ2n) is 13.1. The van der Waals surface area contributed by atoms with Crippen molar-refractivity contribution >= 4 is 18.7 Å². The van der Waals surface area contributed by atoms with Gasteiger partial charge in [-0.25, -0.2) is 0 Å². The lowest BCUT2D eigenvalue weighted by Gasteiger charge is -2.46. The van der Waals surface area contributed by atoms with Gasteiger partial charge in [0.1, 0.15) is 6.10 Å². The second kappa shape index (κ2) is 10.8. The molecule has 0 bridgehead atoms. The van der Waals surface area contributed by atoms with Crippen LogP contribution in [0.1, 0.15) is 59.8 Å².